The topological polar surface area (TPSA) is 58.2 Å². The first-order valence-corrected chi connectivity index (χ1v) is 36.1. The second-order valence-electron chi connectivity index (χ2n) is 17.4. The summed E-state index contributed by atoms with van der Waals surface area (Å²) in [6, 6.07) is 21.9. The average Bonchev–Trinajstić information content (AvgIpc) is 3.54. The number of carbonyl (C=O) groups is 2. The fraction of sp³-hybridized carbons (Fsp3) is 0.560. The molecular formula is C50H80N2O2Si2Ti2. The van der Waals surface area contributed by atoms with E-state index in [9.17, 15) is 9.59 Å². The first-order valence-electron chi connectivity index (χ1n) is 23.0. The number of benzene rings is 2. The fourth-order valence-corrected chi connectivity index (χ4v) is 34.7. The van der Waals surface area contributed by atoms with Crippen molar-refractivity contribution in [1.29, 1.82) is 0 Å². The molecule has 2 aromatic carbocycles. The van der Waals surface area contributed by atoms with Crippen LogP contribution in [0.4, 0.5) is 0 Å². The summed E-state index contributed by atoms with van der Waals surface area (Å²) in [5.74, 6) is 1.61. The van der Waals surface area contributed by atoms with Gasteiger partial charge in [-0.05, 0) is 0 Å². The van der Waals surface area contributed by atoms with Crippen LogP contribution < -0.4 is 18.0 Å². The van der Waals surface area contributed by atoms with Gasteiger partial charge in [0.15, 0.2) is 0 Å². The molecule has 4 rings (SSSR count). The number of hydrogen-bond acceptors (Lipinski definition) is 2. The van der Waals surface area contributed by atoms with Crippen molar-refractivity contribution in [3.8, 4) is 0 Å². The van der Waals surface area contributed by atoms with Crippen LogP contribution in [0.15, 0.2) is 102 Å². The number of unbranched alkanes of at least 4 members (excludes halogenated alkanes) is 10. The van der Waals surface area contributed by atoms with Gasteiger partial charge >= 0.3 is 373 Å². The molecule has 0 heterocycles. The molecule has 0 aliphatic heterocycles. The van der Waals surface area contributed by atoms with Crippen LogP contribution in [-0.4, -0.2) is 25.1 Å². The average molecular weight is 893 g/mol. The Hall–Kier alpha value is -1.80. The van der Waals surface area contributed by atoms with Crippen LogP contribution in [0.25, 0.3) is 0 Å². The van der Waals surface area contributed by atoms with E-state index < -0.39 is 48.1 Å². The molecule has 4 unspecified atom stereocenters. The predicted molar refractivity (Wildman–Crippen MR) is 251 cm³/mol. The van der Waals surface area contributed by atoms with E-state index in [0.717, 1.165) is 12.8 Å². The van der Waals surface area contributed by atoms with Gasteiger partial charge in [-0.3, -0.25) is 0 Å². The molecule has 2 aromatic rings. The van der Waals surface area contributed by atoms with Gasteiger partial charge in [-0.1, -0.05) is 0 Å². The molecule has 318 valence electrons. The van der Waals surface area contributed by atoms with Crippen LogP contribution in [0.3, 0.4) is 0 Å². The molecule has 0 saturated carbocycles. The zero-order valence-corrected chi connectivity index (χ0v) is 44.2. The van der Waals surface area contributed by atoms with Crippen molar-refractivity contribution in [2.75, 3.05) is 0 Å². The molecule has 0 spiro atoms. The molecule has 2 N–H and O–H groups in total. The molecule has 2 amide bonds. The third-order valence-corrected chi connectivity index (χ3v) is 38.9. The molecule has 0 saturated heterocycles. The Morgan fingerprint density at radius 3 is 1.10 bits per heavy atom. The molecular weight excluding hydrogens is 812 g/mol. The van der Waals surface area contributed by atoms with E-state index in [1.165, 1.54) is 108 Å². The number of allylic oxidation sites excluding steroid dienone is 8. The van der Waals surface area contributed by atoms with Crippen LogP contribution in [0.2, 0.25) is 13.1 Å². The quantitative estimate of drug-likeness (QED) is 0.0914. The van der Waals surface area contributed by atoms with Crippen LogP contribution in [0, 0.1) is 11.8 Å². The molecule has 4 nitrogen and oxygen atoms in total. The Bertz CT molecular complexity index is 1740. The third kappa shape index (κ3) is 14.7. The van der Waals surface area contributed by atoms with E-state index in [-0.39, 0.29) is 0 Å². The number of nitrogens with one attached hydrogen (secondary N) is 2. The van der Waals surface area contributed by atoms with E-state index in [4.69, 9.17) is 0 Å². The molecule has 0 radical (unpaired) electrons. The van der Waals surface area contributed by atoms with Gasteiger partial charge in [-0.2, -0.15) is 0 Å². The summed E-state index contributed by atoms with van der Waals surface area (Å²) in [4.78, 5) is 25.8. The van der Waals surface area contributed by atoms with E-state index in [2.05, 4.69) is 151 Å². The van der Waals surface area contributed by atoms with Crippen molar-refractivity contribution in [2.24, 2.45) is 11.8 Å². The van der Waals surface area contributed by atoms with Crippen LogP contribution in [0.5, 0.6) is 0 Å². The van der Waals surface area contributed by atoms with E-state index >= 15 is 0 Å². The van der Waals surface area contributed by atoms with E-state index in [1.807, 2.05) is 0 Å². The molecule has 2 aliphatic carbocycles. The Balaban J connectivity index is 0.000000311. The van der Waals surface area contributed by atoms with Crippen LogP contribution in [0.1, 0.15) is 159 Å². The van der Waals surface area contributed by atoms with E-state index in [1.54, 1.807) is 7.76 Å². The standard InChI is InChI=1S/C10H21NO.2C9H13.C8H17NO.2C7H9Si.2Ti/c1-2-3-4-5-6-7-8-9-10(11)12;2*1-6-5-7(2)9(4)8(6)3;1-2-3-4-5-6-7-8(9)10;2*1-8-7-5-3-2-4-6-7;;/h2-9H2,1H3,(H2,11,12);2*6H,1-4H3;2-7H2,1H3,(H2,9,10);2*2-6,8H,1H3;;/q;;;;;;2*+1/p-2. The van der Waals surface area contributed by atoms with Crippen molar-refractivity contribution < 1.29 is 44.4 Å². The molecule has 0 bridgehead atoms. The zero-order chi connectivity index (χ0) is 42.8. The summed E-state index contributed by atoms with van der Waals surface area (Å²) in [5.41, 5.74) is 8.86. The second kappa shape index (κ2) is 26.5. The summed E-state index contributed by atoms with van der Waals surface area (Å²) in [7, 11) is 0. The van der Waals surface area contributed by atoms with Gasteiger partial charge in [-0.25, -0.2) is 0 Å². The normalized spacial score (nSPS) is 17.7. The fourth-order valence-electron chi connectivity index (χ4n) is 8.79. The molecule has 58 heavy (non-hydrogen) atoms. The van der Waals surface area contributed by atoms with Crippen molar-refractivity contribution in [2.45, 2.75) is 172 Å². The summed E-state index contributed by atoms with van der Waals surface area (Å²) in [5, 5.41) is 2.99. The minimum atomic E-state index is -1.90. The summed E-state index contributed by atoms with van der Waals surface area (Å²) in [6.45, 7) is 25.3. The Kier molecular flexibility index (Phi) is 23.1. The van der Waals surface area contributed by atoms with Gasteiger partial charge in [0.25, 0.3) is 0 Å². The maximum atomic E-state index is 13.0. The molecule has 2 aliphatic rings. The molecule has 0 aromatic heterocycles. The van der Waals surface area contributed by atoms with Crippen LogP contribution in [-0.2, 0) is 44.4 Å². The SMILES string of the molecule is CCCCCCCC(=O)[NH][Ti]([C]1=C(C)C(C)=C(C)C1C)[SiH](C)c1ccccc1.CCCCCCCCCC(=O)[NH][Ti]([C]1=C(C)C(C)=C(C)C1C)[SiH](C)c1ccccc1. The van der Waals surface area contributed by atoms with E-state index in [0.29, 0.717) is 36.5 Å². The molecule has 4 atom stereocenters. The number of amides is 2. The third-order valence-electron chi connectivity index (χ3n) is 13.4. The van der Waals surface area contributed by atoms with Crippen LogP contribution >= 0.6 is 0 Å². The summed E-state index contributed by atoms with van der Waals surface area (Å²) < 4.78 is 10.6. The zero-order valence-electron chi connectivity index (χ0n) is 38.8. The molecule has 0 fully saturated rings. The minimum absolute atomic E-state index is 0.302. The Labute approximate surface area is 370 Å². The van der Waals surface area contributed by atoms with Gasteiger partial charge in [0.05, 0.1) is 0 Å². The second-order valence-corrected chi connectivity index (χ2v) is 39.5. The maximum absolute atomic E-state index is 13.0. The van der Waals surface area contributed by atoms with Crippen molar-refractivity contribution in [3.63, 3.8) is 0 Å². The van der Waals surface area contributed by atoms with Crippen molar-refractivity contribution in [3.05, 3.63) is 102 Å². The number of hydrogen-bond donors (Lipinski definition) is 2. The Morgan fingerprint density at radius 1 is 0.500 bits per heavy atom. The van der Waals surface area contributed by atoms with Gasteiger partial charge in [0.2, 0.25) is 0 Å². The summed E-state index contributed by atoms with van der Waals surface area (Å²) in [6.07, 6.45) is 16.2. The summed E-state index contributed by atoms with van der Waals surface area (Å²) >= 11 is -3.79. The van der Waals surface area contributed by atoms with Gasteiger partial charge in [-0.15, -0.1) is 0 Å². The predicted octanol–water partition coefficient (Wildman–Crippen LogP) is 11.8. The van der Waals surface area contributed by atoms with Gasteiger partial charge < -0.3 is 0 Å². The van der Waals surface area contributed by atoms with Crippen molar-refractivity contribution in [1.82, 2.24) is 7.60 Å². The van der Waals surface area contributed by atoms with Gasteiger partial charge in [0.1, 0.15) is 0 Å². The molecule has 8 heteroatoms. The van der Waals surface area contributed by atoms with Gasteiger partial charge in [0, 0.05) is 0 Å². The monoisotopic (exact) mass is 892 g/mol. The number of rotatable bonds is 22. The first kappa shape index (κ1) is 50.6. The van der Waals surface area contributed by atoms with Crippen molar-refractivity contribution >= 4 is 35.5 Å². The first-order chi connectivity index (χ1) is 27.8. The Morgan fingerprint density at radius 2 is 0.810 bits per heavy atom. The number of carbonyl (C=O) groups excluding carboxylic acids is 2.